The van der Waals surface area contributed by atoms with Crippen LogP contribution in [0.4, 0.5) is 5.69 Å². The van der Waals surface area contributed by atoms with Gasteiger partial charge in [0.05, 0.1) is 0 Å². The van der Waals surface area contributed by atoms with E-state index in [0.29, 0.717) is 18.8 Å². The first-order chi connectivity index (χ1) is 9.15. The van der Waals surface area contributed by atoms with Crippen molar-refractivity contribution in [1.29, 1.82) is 0 Å². The van der Waals surface area contributed by atoms with E-state index in [-0.39, 0.29) is 0 Å². The highest BCUT2D eigenvalue weighted by molar-refractivity contribution is 7.92. The average molecular weight is 298 g/mol. The van der Waals surface area contributed by atoms with Gasteiger partial charge in [-0.3, -0.25) is 4.79 Å². The maximum atomic E-state index is 12.5. The van der Waals surface area contributed by atoms with Crippen molar-refractivity contribution in [1.82, 2.24) is 0 Å². The number of carbonyl (C=O) groups is 1. The van der Waals surface area contributed by atoms with Crippen molar-refractivity contribution in [2.24, 2.45) is 5.73 Å². The van der Waals surface area contributed by atoms with E-state index in [1.807, 2.05) is 19.1 Å². The molecule has 6 heteroatoms. The van der Waals surface area contributed by atoms with Crippen molar-refractivity contribution in [3.63, 3.8) is 0 Å². The highest BCUT2D eigenvalue weighted by atomic mass is 32.2. The molecule has 0 aliphatic rings. The molecule has 1 aromatic rings. The number of hydrogen-bond donors (Lipinski definition) is 1. The molecule has 1 amide bonds. The molecular formula is C14H22N2O3S. The van der Waals surface area contributed by atoms with Crippen LogP contribution in [0.25, 0.3) is 0 Å². The Bertz CT molecular complexity index is 577. The molecule has 0 atom stereocenters. The van der Waals surface area contributed by atoms with Gasteiger partial charge in [-0.05, 0) is 38.5 Å². The molecule has 1 rings (SSSR count). The highest BCUT2D eigenvalue weighted by Gasteiger charge is 2.41. The van der Waals surface area contributed by atoms with Gasteiger partial charge < -0.3 is 10.6 Å². The van der Waals surface area contributed by atoms with Gasteiger partial charge >= 0.3 is 0 Å². The first kappa shape index (κ1) is 16.7. The average Bonchev–Trinajstić information content (AvgIpc) is 2.39. The van der Waals surface area contributed by atoms with Crippen LogP contribution >= 0.6 is 0 Å². The molecule has 5 nitrogen and oxygen atoms in total. The summed E-state index contributed by atoms with van der Waals surface area (Å²) in [6.07, 6.45) is 1.08. The molecule has 0 saturated carbocycles. The van der Waals surface area contributed by atoms with Crippen LogP contribution in [0.1, 0.15) is 26.3 Å². The predicted molar refractivity (Wildman–Crippen MR) is 81.3 cm³/mol. The number of nitrogens with two attached hydrogens (primary N) is 1. The zero-order chi connectivity index (χ0) is 15.6. The third-order valence-electron chi connectivity index (χ3n) is 3.49. The van der Waals surface area contributed by atoms with E-state index in [2.05, 4.69) is 0 Å². The summed E-state index contributed by atoms with van der Waals surface area (Å²) in [5.74, 6) is -0.428. The molecule has 2 N–H and O–H groups in total. The van der Waals surface area contributed by atoms with E-state index in [9.17, 15) is 13.2 Å². The second-order valence-electron chi connectivity index (χ2n) is 5.20. The second kappa shape index (κ2) is 5.93. The molecule has 0 saturated heterocycles. The van der Waals surface area contributed by atoms with Gasteiger partial charge in [0.25, 0.3) is 0 Å². The summed E-state index contributed by atoms with van der Waals surface area (Å²) in [5.41, 5.74) is 7.17. The SMILES string of the molecule is CCN(C(=O)C(C)(C)S(C)(=O)=O)c1ccc(CN)cc1. The lowest BCUT2D eigenvalue weighted by Crippen LogP contribution is -2.49. The van der Waals surface area contributed by atoms with Crippen molar-refractivity contribution in [2.75, 3.05) is 17.7 Å². The third kappa shape index (κ3) is 3.19. The molecule has 0 aliphatic heterocycles. The van der Waals surface area contributed by atoms with Crippen LogP contribution in [0.3, 0.4) is 0 Å². The largest absolute Gasteiger partial charge is 0.326 e. The lowest BCUT2D eigenvalue weighted by Gasteiger charge is -2.30. The van der Waals surface area contributed by atoms with E-state index in [4.69, 9.17) is 5.73 Å². The van der Waals surface area contributed by atoms with Gasteiger partial charge in [0.1, 0.15) is 4.75 Å². The molecule has 1 aromatic carbocycles. The van der Waals surface area contributed by atoms with Crippen molar-refractivity contribution >= 4 is 21.4 Å². The Morgan fingerprint density at radius 1 is 1.25 bits per heavy atom. The first-order valence-corrected chi connectivity index (χ1v) is 8.34. The Hall–Kier alpha value is -1.40. The lowest BCUT2D eigenvalue weighted by atomic mass is 10.1. The van der Waals surface area contributed by atoms with Crippen LogP contribution in [-0.2, 0) is 21.2 Å². The van der Waals surface area contributed by atoms with Gasteiger partial charge in [-0.1, -0.05) is 12.1 Å². The lowest BCUT2D eigenvalue weighted by molar-refractivity contribution is -0.120. The Balaban J connectivity index is 3.16. The van der Waals surface area contributed by atoms with E-state index in [1.165, 1.54) is 18.7 Å². The van der Waals surface area contributed by atoms with Gasteiger partial charge in [-0.25, -0.2) is 8.42 Å². The Labute approximate surface area is 120 Å². The molecule has 112 valence electrons. The van der Waals surface area contributed by atoms with Crippen molar-refractivity contribution in [3.05, 3.63) is 29.8 Å². The van der Waals surface area contributed by atoms with Gasteiger partial charge in [0, 0.05) is 25.0 Å². The molecule has 0 heterocycles. The van der Waals surface area contributed by atoms with Crippen LogP contribution in [0, 0.1) is 0 Å². The summed E-state index contributed by atoms with van der Waals surface area (Å²) in [7, 11) is -3.49. The minimum Gasteiger partial charge on any atom is -0.326 e. The van der Waals surface area contributed by atoms with Gasteiger partial charge in [0.2, 0.25) is 5.91 Å². The van der Waals surface area contributed by atoms with Gasteiger partial charge in [-0.15, -0.1) is 0 Å². The van der Waals surface area contributed by atoms with E-state index in [1.54, 1.807) is 12.1 Å². The normalized spacial score (nSPS) is 12.2. The van der Waals surface area contributed by atoms with E-state index in [0.717, 1.165) is 11.8 Å². The Morgan fingerprint density at radius 3 is 2.10 bits per heavy atom. The van der Waals surface area contributed by atoms with Crippen LogP contribution < -0.4 is 10.6 Å². The molecule has 0 aromatic heterocycles. The Morgan fingerprint density at radius 2 is 1.75 bits per heavy atom. The number of benzene rings is 1. The fourth-order valence-electron chi connectivity index (χ4n) is 1.74. The Kier molecular flexibility index (Phi) is 4.94. The van der Waals surface area contributed by atoms with Crippen LogP contribution in [0.2, 0.25) is 0 Å². The number of anilines is 1. The van der Waals surface area contributed by atoms with E-state index < -0.39 is 20.5 Å². The quantitative estimate of drug-likeness (QED) is 0.889. The minimum absolute atomic E-state index is 0.403. The standard InChI is InChI=1S/C14H22N2O3S/c1-5-16(12-8-6-11(10-15)7-9-12)13(17)14(2,3)20(4,18)19/h6-9H,5,10,15H2,1-4H3. The molecule has 0 unspecified atom stereocenters. The zero-order valence-electron chi connectivity index (χ0n) is 12.4. The summed E-state index contributed by atoms with van der Waals surface area (Å²) in [4.78, 5) is 14.0. The van der Waals surface area contributed by atoms with Crippen LogP contribution in [0.15, 0.2) is 24.3 Å². The maximum absolute atomic E-state index is 12.5. The maximum Gasteiger partial charge on any atom is 0.247 e. The number of rotatable bonds is 5. The molecule has 0 fully saturated rings. The predicted octanol–water partition coefficient (Wildman–Crippen LogP) is 1.32. The zero-order valence-corrected chi connectivity index (χ0v) is 13.2. The number of sulfone groups is 1. The second-order valence-corrected chi connectivity index (χ2v) is 7.77. The molecule has 0 spiro atoms. The molecular weight excluding hydrogens is 276 g/mol. The summed E-state index contributed by atoms with van der Waals surface area (Å²) >= 11 is 0. The van der Waals surface area contributed by atoms with Crippen molar-refractivity contribution < 1.29 is 13.2 Å². The third-order valence-corrected chi connectivity index (χ3v) is 5.52. The number of nitrogens with zero attached hydrogens (tertiary/aromatic N) is 1. The molecule has 20 heavy (non-hydrogen) atoms. The van der Waals surface area contributed by atoms with E-state index >= 15 is 0 Å². The summed E-state index contributed by atoms with van der Waals surface area (Å²) in [5, 5.41) is 0. The summed E-state index contributed by atoms with van der Waals surface area (Å²) < 4.78 is 22.1. The molecule has 0 bridgehead atoms. The van der Waals surface area contributed by atoms with Gasteiger partial charge in [0.15, 0.2) is 9.84 Å². The molecule has 0 radical (unpaired) electrons. The number of hydrogen-bond acceptors (Lipinski definition) is 4. The summed E-state index contributed by atoms with van der Waals surface area (Å²) in [6.45, 7) is 5.51. The number of carbonyl (C=O) groups excluding carboxylic acids is 1. The minimum atomic E-state index is -3.49. The van der Waals surface area contributed by atoms with Crippen molar-refractivity contribution in [3.8, 4) is 0 Å². The van der Waals surface area contributed by atoms with Crippen molar-refractivity contribution in [2.45, 2.75) is 32.1 Å². The number of amides is 1. The van der Waals surface area contributed by atoms with Gasteiger partial charge in [-0.2, -0.15) is 0 Å². The topological polar surface area (TPSA) is 80.5 Å². The molecule has 0 aliphatic carbocycles. The fourth-order valence-corrected chi connectivity index (χ4v) is 2.17. The van der Waals surface area contributed by atoms with Crippen LogP contribution in [0.5, 0.6) is 0 Å². The smallest absolute Gasteiger partial charge is 0.247 e. The first-order valence-electron chi connectivity index (χ1n) is 6.45. The fraction of sp³-hybridized carbons (Fsp3) is 0.500. The monoisotopic (exact) mass is 298 g/mol. The highest BCUT2D eigenvalue weighted by Crippen LogP contribution is 2.23. The van der Waals surface area contributed by atoms with Crippen LogP contribution in [-0.4, -0.2) is 31.9 Å². The summed E-state index contributed by atoms with van der Waals surface area (Å²) in [6, 6.07) is 7.22.